The van der Waals surface area contributed by atoms with Crippen LogP contribution in [0.3, 0.4) is 0 Å². The Hall–Kier alpha value is -1.43. The highest BCUT2D eigenvalue weighted by atomic mass is 19.4. The Kier molecular flexibility index (Phi) is 4.13. The van der Waals surface area contributed by atoms with Gasteiger partial charge in [0.25, 0.3) is 0 Å². The molecule has 1 saturated carbocycles. The predicted octanol–water partition coefficient (Wildman–Crippen LogP) is 3.54. The molecule has 0 aliphatic heterocycles. The fourth-order valence-corrected chi connectivity index (χ4v) is 2.60. The number of Topliss-reactive ketones (excluding diaryl/α,β-unsaturated/α-hetero) is 1. The number of hydrogen-bond acceptors (Lipinski definition) is 2. The van der Waals surface area contributed by atoms with Crippen LogP contribution in [0.25, 0.3) is 0 Å². The van der Waals surface area contributed by atoms with Crippen molar-refractivity contribution in [3.8, 4) is 0 Å². The van der Waals surface area contributed by atoms with Gasteiger partial charge in [-0.15, -0.1) is 0 Å². The van der Waals surface area contributed by atoms with Crippen LogP contribution in [0.5, 0.6) is 0 Å². The second kappa shape index (κ2) is 5.52. The monoisotopic (exact) mass is 289 g/mol. The first-order chi connectivity index (χ1) is 9.29. The third kappa shape index (κ3) is 3.17. The predicted molar refractivity (Wildman–Crippen MR) is 65.7 cm³/mol. The van der Waals surface area contributed by atoms with Gasteiger partial charge in [-0.25, -0.2) is 4.39 Å². The Morgan fingerprint density at radius 2 is 1.95 bits per heavy atom. The van der Waals surface area contributed by atoms with Gasteiger partial charge >= 0.3 is 6.18 Å². The molecule has 0 saturated heterocycles. The Balaban J connectivity index is 2.26. The topological polar surface area (TPSA) is 43.1 Å². The maximum atomic E-state index is 13.2. The highest BCUT2D eigenvalue weighted by Gasteiger charge is 2.35. The lowest BCUT2D eigenvalue weighted by molar-refractivity contribution is -0.140. The van der Waals surface area contributed by atoms with Gasteiger partial charge in [-0.05, 0) is 37.5 Å². The number of hydrogen-bond donors (Lipinski definition) is 1. The van der Waals surface area contributed by atoms with E-state index in [1.807, 2.05) is 0 Å². The first-order valence-electron chi connectivity index (χ1n) is 6.45. The molecule has 6 heteroatoms. The lowest BCUT2D eigenvalue weighted by atomic mass is 9.81. The largest absolute Gasteiger partial charge is 0.419 e. The summed E-state index contributed by atoms with van der Waals surface area (Å²) >= 11 is 0. The molecule has 0 spiro atoms. The molecule has 2 rings (SSSR count). The van der Waals surface area contributed by atoms with Crippen LogP contribution in [0.2, 0.25) is 0 Å². The van der Waals surface area contributed by atoms with Crippen LogP contribution in [0.15, 0.2) is 18.2 Å². The van der Waals surface area contributed by atoms with Crippen molar-refractivity contribution in [2.75, 3.05) is 0 Å². The fraction of sp³-hybridized carbons (Fsp3) is 0.500. The molecule has 1 aliphatic carbocycles. The molecule has 2 atom stereocenters. The highest BCUT2D eigenvalue weighted by Crippen LogP contribution is 2.33. The summed E-state index contributed by atoms with van der Waals surface area (Å²) in [5.41, 5.74) is 4.27. The molecule has 2 nitrogen and oxygen atoms in total. The zero-order valence-electron chi connectivity index (χ0n) is 10.7. The average molecular weight is 289 g/mol. The van der Waals surface area contributed by atoms with Gasteiger partial charge in [0.2, 0.25) is 0 Å². The molecule has 1 aliphatic rings. The van der Waals surface area contributed by atoms with Crippen LogP contribution in [-0.4, -0.2) is 11.8 Å². The zero-order chi connectivity index (χ0) is 14.9. The number of carbonyl (C=O) groups excluding carboxylic acids is 1. The Morgan fingerprint density at radius 3 is 2.55 bits per heavy atom. The Morgan fingerprint density at radius 1 is 1.25 bits per heavy atom. The number of ketones is 1. The molecule has 0 bridgehead atoms. The number of nitrogens with two attached hydrogens (primary N) is 1. The van der Waals surface area contributed by atoms with Gasteiger partial charge in [-0.3, -0.25) is 4.79 Å². The van der Waals surface area contributed by atoms with Gasteiger partial charge in [-0.2, -0.15) is 13.2 Å². The molecule has 1 fully saturated rings. The summed E-state index contributed by atoms with van der Waals surface area (Å²) in [6, 6.07) is 2.30. The van der Waals surface area contributed by atoms with Crippen molar-refractivity contribution in [2.24, 2.45) is 11.7 Å². The summed E-state index contributed by atoms with van der Waals surface area (Å²) in [5.74, 6) is -2.12. The smallest absolute Gasteiger partial charge is 0.328 e. The molecule has 2 unspecified atom stereocenters. The minimum absolute atomic E-state index is 0.0970. The molecule has 0 radical (unpaired) electrons. The van der Waals surface area contributed by atoms with E-state index in [0.717, 1.165) is 18.9 Å². The van der Waals surface area contributed by atoms with Crippen molar-refractivity contribution in [3.05, 3.63) is 35.1 Å². The molecule has 0 heterocycles. The van der Waals surface area contributed by atoms with Crippen molar-refractivity contribution in [1.29, 1.82) is 0 Å². The summed E-state index contributed by atoms with van der Waals surface area (Å²) < 4.78 is 51.1. The molecule has 20 heavy (non-hydrogen) atoms. The van der Waals surface area contributed by atoms with E-state index in [1.54, 1.807) is 0 Å². The standard InChI is InChI=1S/C14H15F4NO/c15-12-5-4-9(7-11(12)14(16,17)18)13(20)8-2-1-3-10(19)6-8/h4-5,7-8,10H,1-3,6,19H2. The first-order valence-corrected chi connectivity index (χ1v) is 6.45. The number of halogens is 4. The molecule has 0 amide bonds. The van der Waals surface area contributed by atoms with Gasteiger partial charge < -0.3 is 5.73 Å². The van der Waals surface area contributed by atoms with Crippen molar-refractivity contribution >= 4 is 5.78 Å². The molecular weight excluding hydrogens is 274 g/mol. The van der Waals surface area contributed by atoms with Crippen LogP contribution in [0.1, 0.15) is 41.6 Å². The Labute approximate surface area is 114 Å². The normalized spacial score (nSPS) is 23.6. The molecule has 2 N–H and O–H groups in total. The zero-order valence-corrected chi connectivity index (χ0v) is 10.7. The number of carbonyl (C=O) groups is 1. The minimum Gasteiger partial charge on any atom is -0.328 e. The van der Waals surface area contributed by atoms with E-state index in [9.17, 15) is 22.4 Å². The summed E-state index contributed by atoms with van der Waals surface area (Å²) in [6.45, 7) is 0. The van der Waals surface area contributed by atoms with Crippen LogP contribution in [-0.2, 0) is 6.18 Å². The summed E-state index contributed by atoms with van der Waals surface area (Å²) in [7, 11) is 0. The number of benzene rings is 1. The third-order valence-corrected chi connectivity index (χ3v) is 3.64. The SMILES string of the molecule is NC1CCCC(C(=O)c2ccc(F)c(C(F)(F)F)c2)C1. The van der Waals surface area contributed by atoms with Gasteiger partial charge in [0.05, 0.1) is 5.56 Å². The lowest BCUT2D eigenvalue weighted by Gasteiger charge is -2.25. The lowest BCUT2D eigenvalue weighted by Crippen LogP contribution is -2.31. The van der Waals surface area contributed by atoms with Gasteiger partial charge in [-0.1, -0.05) is 6.42 Å². The summed E-state index contributed by atoms with van der Waals surface area (Å²) in [4.78, 5) is 12.2. The summed E-state index contributed by atoms with van der Waals surface area (Å²) in [5, 5.41) is 0. The van der Waals surface area contributed by atoms with Gasteiger partial charge in [0.1, 0.15) is 5.82 Å². The van der Waals surface area contributed by atoms with E-state index in [1.165, 1.54) is 0 Å². The first kappa shape index (κ1) is 15.0. The van der Waals surface area contributed by atoms with Crippen LogP contribution >= 0.6 is 0 Å². The minimum atomic E-state index is -4.80. The molecule has 1 aromatic carbocycles. The van der Waals surface area contributed by atoms with Crippen LogP contribution < -0.4 is 5.73 Å². The van der Waals surface area contributed by atoms with Gasteiger partial charge in [0.15, 0.2) is 5.78 Å². The van der Waals surface area contributed by atoms with Crippen LogP contribution in [0, 0.1) is 11.7 Å². The van der Waals surface area contributed by atoms with E-state index in [4.69, 9.17) is 5.73 Å². The number of alkyl halides is 3. The van der Waals surface area contributed by atoms with E-state index in [-0.39, 0.29) is 23.3 Å². The second-order valence-corrected chi connectivity index (χ2v) is 5.18. The van der Waals surface area contributed by atoms with E-state index in [0.29, 0.717) is 25.0 Å². The fourth-order valence-electron chi connectivity index (χ4n) is 2.60. The Bertz CT molecular complexity index is 512. The highest BCUT2D eigenvalue weighted by molar-refractivity contribution is 5.98. The average Bonchev–Trinajstić information content (AvgIpc) is 2.37. The molecule has 0 aromatic heterocycles. The second-order valence-electron chi connectivity index (χ2n) is 5.18. The van der Waals surface area contributed by atoms with E-state index >= 15 is 0 Å². The van der Waals surface area contributed by atoms with E-state index < -0.39 is 17.6 Å². The van der Waals surface area contributed by atoms with E-state index in [2.05, 4.69) is 0 Å². The van der Waals surface area contributed by atoms with Crippen molar-refractivity contribution in [1.82, 2.24) is 0 Å². The van der Waals surface area contributed by atoms with Crippen LogP contribution in [0.4, 0.5) is 17.6 Å². The molecular formula is C14H15F4NO. The quantitative estimate of drug-likeness (QED) is 0.668. The molecule has 110 valence electrons. The maximum absolute atomic E-state index is 13.2. The van der Waals surface area contributed by atoms with Crippen molar-refractivity contribution in [2.45, 2.75) is 37.9 Å². The third-order valence-electron chi connectivity index (χ3n) is 3.64. The molecule has 1 aromatic rings. The maximum Gasteiger partial charge on any atom is 0.419 e. The van der Waals surface area contributed by atoms with Crippen molar-refractivity contribution in [3.63, 3.8) is 0 Å². The number of rotatable bonds is 2. The van der Waals surface area contributed by atoms with Gasteiger partial charge in [0, 0.05) is 17.5 Å². The van der Waals surface area contributed by atoms with Crippen molar-refractivity contribution < 1.29 is 22.4 Å². The summed E-state index contributed by atoms with van der Waals surface area (Å²) in [6.07, 6.45) is -2.11.